The Morgan fingerprint density at radius 2 is 1.93 bits per heavy atom. The van der Waals surface area contributed by atoms with Crippen LogP contribution in [0.3, 0.4) is 0 Å². The van der Waals surface area contributed by atoms with Crippen molar-refractivity contribution in [2.24, 2.45) is 22.7 Å². The van der Waals surface area contributed by atoms with Crippen LogP contribution in [0.4, 0.5) is 0 Å². The topological polar surface area (TPSA) is 97.0 Å². The van der Waals surface area contributed by atoms with Crippen molar-refractivity contribution in [3.05, 3.63) is 23.7 Å². The Balaban J connectivity index is 1.91. The molecule has 7 atom stereocenters. The molecule has 2 saturated carbocycles. The van der Waals surface area contributed by atoms with E-state index in [0.29, 0.717) is 19.3 Å². The van der Waals surface area contributed by atoms with Crippen LogP contribution in [0, 0.1) is 22.7 Å². The first-order valence-electron chi connectivity index (χ1n) is 10.6. The zero-order chi connectivity index (χ0) is 21.4. The molecule has 2 N–H and O–H groups in total. The molecule has 1 aromatic rings. The van der Waals surface area contributed by atoms with E-state index in [9.17, 15) is 19.8 Å². The van der Waals surface area contributed by atoms with Gasteiger partial charge in [0.1, 0.15) is 17.6 Å². The minimum Gasteiger partial charge on any atom is -0.469 e. The molecule has 0 radical (unpaired) electrons. The molecule has 4 rings (SSSR count). The van der Waals surface area contributed by atoms with Crippen molar-refractivity contribution in [1.82, 2.24) is 0 Å². The number of hydrogen-bond acceptors (Lipinski definition) is 6. The van der Waals surface area contributed by atoms with Gasteiger partial charge in [-0.3, -0.25) is 9.59 Å². The minimum atomic E-state index is -1.25. The molecular weight excluding hydrogens is 372 g/mol. The maximum absolute atomic E-state index is 12.7. The van der Waals surface area contributed by atoms with Gasteiger partial charge in [0.15, 0.2) is 0 Å². The van der Waals surface area contributed by atoms with E-state index >= 15 is 0 Å². The Hall–Kier alpha value is -1.66. The van der Waals surface area contributed by atoms with Crippen molar-refractivity contribution in [3.8, 4) is 0 Å². The fourth-order valence-electron chi connectivity index (χ4n) is 7.02. The smallest absolute Gasteiger partial charge is 0.302 e. The van der Waals surface area contributed by atoms with E-state index in [1.54, 1.807) is 13.2 Å². The summed E-state index contributed by atoms with van der Waals surface area (Å²) >= 11 is 0. The van der Waals surface area contributed by atoms with Gasteiger partial charge >= 0.3 is 5.97 Å². The van der Waals surface area contributed by atoms with E-state index in [1.807, 2.05) is 26.8 Å². The zero-order valence-electron chi connectivity index (χ0n) is 17.9. The summed E-state index contributed by atoms with van der Waals surface area (Å²) in [5.41, 5.74) is -1.70. The summed E-state index contributed by atoms with van der Waals surface area (Å²) in [7, 11) is 0. The number of hydrogen-bond donors (Lipinski definition) is 2. The van der Waals surface area contributed by atoms with E-state index in [-0.39, 0.29) is 30.0 Å². The van der Waals surface area contributed by atoms with Gasteiger partial charge in [-0.05, 0) is 37.2 Å². The molecule has 1 aromatic heterocycles. The highest BCUT2D eigenvalue weighted by Crippen LogP contribution is 2.67. The molecule has 6 heteroatoms. The lowest BCUT2D eigenvalue weighted by atomic mass is 9.39. The van der Waals surface area contributed by atoms with Gasteiger partial charge < -0.3 is 19.4 Å². The molecule has 2 fully saturated rings. The molecule has 0 amide bonds. The first-order chi connectivity index (χ1) is 13.4. The summed E-state index contributed by atoms with van der Waals surface area (Å²) < 4.78 is 11.5. The first kappa shape index (κ1) is 20.6. The first-order valence-corrected chi connectivity index (χ1v) is 10.6. The maximum atomic E-state index is 12.7. The Morgan fingerprint density at radius 3 is 2.55 bits per heavy atom. The van der Waals surface area contributed by atoms with Crippen molar-refractivity contribution in [2.75, 3.05) is 0 Å². The number of aliphatic hydroxyl groups excluding tert-OH is 1. The largest absolute Gasteiger partial charge is 0.469 e. The molecule has 0 aromatic carbocycles. The predicted molar refractivity (Wildman–Crippen MR) is 105 cm³/mol. The van der Waals surface area contributed by atoms with E-state index < -0.39 is 34.6 Å². The van der Waals surface area contributed by atoms with Gasteiger partial charge in [-0.15, -0.1) is 0 Å². The average molecular weight is 405 g/mol. The van der Waals surface area contributed by atoms with Crippen LogP contribution in [0.15, 0.2) is 16.7 Å². The summed E-state index contributed by atoms with van der Waals surface area (Å²) in [6.45, 7) is 8.96. The molecule has 0 unspecified atom stereocenters. The predicted octanol–water partition coefficient (Wildman–Crippen LogP) is 2.99. The van der Waals surface area contributed by atoms with Crippen LogP contribution < -0.4 is 0 Å². The van der Waals surface area contributed by atoms with Gasteiger partial charge in [-0.25, -0.2) is 0 Å². The molecule has 0 bridgehead atoms. The summed E-state index contributed by atoms with van der Waals surface area (Å²) in [4.78, 5) is 24.6. The van der Waals surface area contributed by atoms with Crippen LogP contribution >= 0.6 is 0 Å². The number of carbonyl (C=O) groups excluding carboxylic acids is 2. The fourth-order valence-corrected chi connectivity index (χ4v) is 7.02. The van der Waals surface area contributed by atoms with Gasteiger partial charge in [0.05, 0.1) is 23.9 Å². The van der Waals surface area contributed by atoms with E-state index in [0.717, 1.165) is 11.3 Å². The standard InChI is InChI=1S/C23H32O6/c1-12(24)19-14-7-9-28-17(14)10-15-20(19)16(26)11-23(27)21(3,4)8-6-18(22(15,23)5)29-13(2)25/h7,9,15-16,18-20,26-27H,6,8,10-11H2,1-5H3/t15-,16-,18-,19+,20-,22-,23+/m0/s1. The third kappa shape index (κ3) is 2.61. The quantitative estimate of drug-likeness (QED) is 0.736. The molecule has 1 heterocycles. The Bertz CT molecular complexity index is 840. The second-order valence-corrected chi connectivity index (χ2v) is 10.2. The molecule has 6 nitrogen and oxygen atoms in total. The van der Waals surface area contributed by atoms with Crippen LogP contribution in [-0.4, -0.2) is 39.8 Å². The molecule has 3 aliphatic carbocycles. The number of rotatable bonds is 2. The summed E-state index contributed by atoms with van der Waals surface area (Å²) in [6, 6.07) is 1.82. The average Bonchev–Trinajstić information content (AvgIpc) is 3.08. The maximum Gasteiger partial charge on any atom is 0.302 e. The molecule has 0 saturated heterocycles. The van der Waals surface area contributed by atoms with Crippen molar-refractivity contribution in [1.29, 1.82) is 0 Å². The van der Waals surface area contributed by atoms with Gasteiger partial charge in [-0.1, -0.05) is 20.8 Å². The number of carbonyl (C=O) groups is 2. The van der Waals surface area contributed by atoms with E-state index in [2.05, 4.69) is 0 Å². The Labute approximate surface area is 171 Å². The Morgan fingerprint density at radius 1 is 1.24 bits per heavy atom. The lowest BCUT2D eigenvalue weighted by Crippen LogP contribution is -2.74. The van der Waals surface area contributed by atoms with Crippen molar-refractivity contribution in [3.63, 3.8) is 0 Å². The van der Waals surface area contributed by atoms with Crippen molar-refractivity contribution < 1.29 is 29.0 Å². The highest BCUT2D eigenvalue weighted by molar-refractivity contribution is 5.84. The number of Topliss-reactive ketones (excluding diaryl/α,β-unsaturated/α-hetero) is 1. The van der Waals surface area contributed by atoms with Crippen LogP contribution in [-0.2, 0) is 20.7 Å². The summed E-state index contributed by atoms with van der Waals surface area (Å²) in [5.74, 6) is -0.758. The van der Waals surface area contributed by atoms with Crippen molar-refractivity contribution in [2.45, 2.75) is 84.0 Å². The van der Waals surface area contributed by atoms with Gasteiger partial charge in [0, 0.05) is 36.7 Å². The lowest BCUT2D eigenvalue weighted by Gasteiger charge is -2.68. The number of ketones is 1. The number of ether oxygens (including phenoxy) is 1. The second-order valence-electron chi connectivity index (χ2n) is 10.2. The number of fused-ring (bicyclic) bond motifs is 4. The normalized spacial score (nSPS) is 42.9. The fraction of sp³-hybridized carbons (Fsp3) is 0.739. The number of aliphatic hydroxyl groups is 2. The van der Waals surface area contributed by atoms with Crippen LogP contribution in [0.25, 0.3) is 0 Å². The molecule has 29 heavy (non-hydrogen) atoms. The van der Waals surface area contributed by atoms with E-state index in [4.69, 9.17) is 9.15 Å². The number of esters is 1. The monoisotopic (exact) mass is 404 g/mol. The van der Waals surface area contributed by atoms with Crippen molar-refractivity contribution >= 4 is 11.8 Å². The van der Waals surface area contributed by atoms with E-state index in [1.165, 1.54) is 6.92 Å². The molecule has 3 aliphatic rings. The summed E-state index contributed by atoms with van der Waals surface area (Å²) in [5, 5.41) is 23.4. The second kappa shape index (κ2) is 6.42. The molecule has 0 aliphatic heterocycles. The van der Waals surface area contributed by atoms with Crippen LogP contribution in [0.5, 0.6) is 0 Å². The third-order valence-corrected chi connectivity index (χ3v) is 8.55. The van der Waals surface area contributed by atoms with Gasteiger partial charge in [-0.2, -0.15) is 0 Å². The minimum absolute atomic E-state index is 0.0189. The number of furan rings is 1. The SMILES string of the molecule is CC(=O)O[C@H]1CCC(C)(C)[C@]2(O)C[C@H](O)[C@H]3[C@H](C(C)=O)c4ccoc4C[C@@H]3[C@@]12C. The van der Waals surface area contributed by atoms with Crippen LogP contribution in [0.1, 0.15) is 71.1 Å². The van der Waals surface area contributed by atoms with Gasteiger partial charge in [0.2, 0.25) is 0 Å². The third-order valence-electron chi connectivity index (χ3n) is 8.55. The van der Waals surface area contributed by atoms with Gasteiger partial charge in [0.25, 0.3) is 0 Å². The molecule has 160 valence electrons. The zero-order valence-corrected chi connectivity index (χ0v) is 17.9. The molecule has 0 spiro atoms. The highest BCUT2D eigenvalue weighted by atomic mass is 16.5. The Kier molecular flexibility index (Phi) is 4.56. The highest BCUT2D eigenvalue weighted by Gasteiger charge is 2.72. The van der Waals surface area contributed by atoms with Crippen LogP contribution in [0.2, 0.25) is 0 Å². The summed E-state index contributed by atoms with van der Waals surface area (Å²) in [6.07, 6.45) is 2.26. The molecular formula is C23H32O6. The lowest BCUT2D eigenvalue weighted by molar-refractivity contribution is -0.296.